The van der Waals surface area contributed by atoms with E-state index in [1.807, 2.05) is 49.9 Å². The van der Waals surface area contributed by atoms with Crippen molar-refractivity contribution < 1.29 is 23.8 Å². The summed E-state index contributed by atoms with van der Waals surface area (Å²) in [6.45, 7) is 14.0. The van der Waals surface area contributed by atoms with Crippen LogP contribution < -0.4 is 9.64 Å². The predicted octanol–water partition coefficient (Wildman–Crippen LogP) is 7.65. The Morgan fingerprint density at radius 3 is 2.45 bits per heavy atom. The molecule has 3 aromatic carbocycles. The molecule has 1 aromatic heterocycles. The van der Waals surface area contributed by atoms with Crippen LogP contribution in [0.4, 0.5) is 15.0 Å². The molecule has 0 saturated carbocycles. The summed E-state index contributed by atoms with van der Waals surface area (Å²) in [7, 11) is 0. The van der Waals surface area contributed by atoms with E-state index in [0.717, 1.165) is 49.7 Å². The second kappa shape index (κ2) is 13.3. The lowest BCUT2D eigenvalue weighted by Gasteiger charge is -2.42. The number of halogens is 2. The van der Waals surface area contributed by atoms with Crippen LogP contribution in [-0.2, 0) is 4.74 Å². The van der Waals surface area contributed by atoms with Gasteiger partial charge in [0.15, 0.2) is 5.82 Å². The van der Waals surface area contributed by atoms with Crippen LogP contribution in [0.25, 0.3) is 32.8 Å². The number of aromatic hydroxyl groups is 1. The first-order chi connectivity index (χ1) is 22.5. The third kappa shape index (κ3) is 6.76. The zero-order valence-electron chi connectivity index (χ0n) is 27.7. The average molecular weight is 664 g/mol. The molecule has 9 nitrogen and oxygen atoms in total. The molecule has 1 amide bonds. The van der Waals surface area contributed by atoms with Crippen molar-refractivity contribution in [3.8, 4) is 22.9 Å². The molecule has 0 aliphatic carbocycles. The Balaban J connectivity index is 1.41. The summed E-state index contributed by atoms with van der Waals surface area (Å²) in [5, 5.41) is 12.7. The third-order valence-electron chi connectivity index (χ3n) is 9.09. The minimum Gasteiger partial charge on any atom is -0.508 e. The van der Waals surface area contributed by atoms with Crippen LogP contribution >= 0.6 is 11.6 Å². The summed E-state index contributed by atoms with van der Waals surface area (Å²) in [6, 6.07) is 12.3. The SMILES string of the molecule is CCN(CC)CCCOc1nc(N2CC3CCC(C2)N3C(=O)OC(C)(C)C)c2cc(Cl)c(-c3cc(O)cc4ccccc34)c(F)c2n1. The minimum absolute atomic E-state index is 0.00759. The van der Waals surface area contributed by atoms with Crippen molar-refractivity contribution in [1.29, 1.82) is 0 Å². The molecule has 11 heteroatoms. The Morgan fingerprint density at radius 2 is 1.77 bits per heavy atom. The zero-order valence-corrected chi connectivity index (χ0v) is 28.5. The van der Waals surface area contributed by atoms with E-state index in [9.17, 15) is 9.90 Å². The van der Waals surface area contributed by atoms with Gasteiger partial charge in [-0.2, -0.15) is 9.97 Å². The number of nitrogens with zero attached hydrogens (tertiary/aromatic N) is 5. The average Bonchev–Trinajstić information content (AvgIpc) is 3.29. The number of benzene rings is 3. The van der Waals surface area contributed by atoms with Gasteiger partial charge in [-0.3, -0.25) is 4.90 Å². The van der Waals surface area contributed by atoms with E-state index in [1.54, 1.807) is 12.1 Å². The van der Waals surface area contributed by atoms with Gasteiger partial charge < -0.3 is 24.4 Å². The first-order valence-corrected chi connectivity index (χ1v) is 16.9. The smallest absolute Gasteiger partial charge is 0.410 e. The summed E-state index contributed by atoms with van der Waals surface area (Å²) in [5.41, 5.74) is 0.109. The number of carbonyl (C=O) groups is 1. The highest BCUT2D eigenvalue weighted by Crippen LogP contribution is 2.43. The number of hydrogen-bond acceptors (Lipinski definition) is 8. The van der Waals surface area contributed by atoms with E-state index >= 15 is 4.39 Å². The first-order valence-electron chi connectivity index (χ1n) is 16.5. The molecule has 3 heterocycles. The number of amides is 1. The Bertz CT molecular complexity index is 1780. The standard InChI is InChI=1S/C36H43ClFN5O4/c1-6-41(7-2)15-10-16-46-34-39-32-28(19-29(37)30(31(32)38)27-18-25(44)17-22-11-8-9-12-26(22)27)33(40-34)42-20-23-13-14-24(21-42)43(23)35(45)47-36(3,4)5/h8-9,11-12,17-19,23-24,44H,6-7,10,13-16,20-21H2,1-5H3. The Hall–Kier alpha value is -3.89. The Kier molecular flexibility index (Phi) is 9.36. The molecule has 2 fully saturated rings. The van der Waals surface area contributed by atoms with E-state index in [-0.39, 0.29) is 46.0 Å². The van der Waals surface area contributed by atoms with Gasteiger partial charge in [0.2, 0.25) is 0 Å². The number of anilines is 1. The van der Waals surface area contributed by atoms with Gasteiger partial charge in [-0.05, 0) is 87.7 Å². The van der Waals surface area contributed by atoms with Crippen molar-refractivity contribution >= 4 is 45.2 Å². The maximum Gasteiger partial charge on any atom is 0.410 e. The minimum atomic E-state index is -0.616. The second-order valence-electron chi connectivity index (χ2n) is 13.4. The molecule has 47 heavy (non-hydrogen) atoms. The maximum absolute atomic E-state index is 16.9. The number of carbonyl (C=O) groups excluding carboxylic acids is 1. The van der Waals surface area contributed by atoms with Gasteiger partial charge in [-0.15, -0.1) is 0 Å². The van der Waals surface area contributed by atoms with Crippen LogP contribution in [0, 0.1) is 5.82 Å². The lowest BCUT2D eigenvalue weighted by Crippen LogP contribution is -2.57. The quantitative estimate of drug-likeness (QED) is 0.183. The number of fused-ring (bicyclic) bond motifs is 4. The molecule has 2 saturated heterocycles. The lowest BCUT2D eigenvalue weighted by atomic mass is 9.96. The highest BCUT2D eigenvalue weighted by atomic mass is 35.5. The number of piperazine rings is 1. The summed E-state index contributed by atoms with van der Waals surface area (Å²) in [6.07, 6.45) is 2.12. The predicted molar refractivity (Wildman–Crippen MR) is 184 cm³/mol. The Labute approximate surface area is 280 Å². The highest BCUT2D eigenvalue weighted by molar-refractivity contribution is 6.35. The molecule has 0 radical (unpaired) electrons. The van der Waals surface area contributed by atoms with Crippen LogP contribution in [0.5, 0.6) is 11.8 Å². The number of aromatic nitrogens is 2. The molecule has 6 rings (SSSR count). The van der Waals surface area contributed by atoms with Crippen LogP contribution in [0.2, 0.25) is 5.02 Å². The van der Waals surface area contributed by atoms with Crippen LogP contribution in [0.3, 0.4) is 0 Å². The molecule has 1 N–H and O–H groups in total. The van der Waals surface area contributed by atoms with Crippen molar-refractivity contribution in [3.63, 3.8) is 0 Å². The van der Waals surface area contributed by atoms with Crippen molar-refractivity contribution in [1.82, 2.24) is 19.8 Å². The molecule has 4 aromatic rings. The molecule has 2 unspecified atom stereocenters. The fourth-order valence-electron chi connectivity index (χ4n) is 6.89. The van der Waals surface area contributed by atoms with E-state index in [0.29, 0.717) is 36.5 Å². The van der Waals surface area contributed by atoms with Crippen LogP contribution in [0.1, 0.15) is 53.9 Å². The van der Waals surface area contributed by atoms with Crippen LogP contribution in [0.15, 0.2) is 42.5 Å². The molecule has 2 atom stereocenters. The number of hydrogen-bond donors (Lipinski definition) is 1. The second-order valence-corrected chi connectivity index (χ2v) is 13.8. The van der Waals surface area contributed by atoms with Gasteiger partial charge in [0.05, 0.1) is 23.7 Å². The van der Waals surface area contributed by atoms with E-state index in [4.69, 9.17) is 26.1 Å². The number of phenolic OH excluding ortho intramolecular Hbond substituents is 1. The summed E-state index contributed by atoms with van der Waals surface area (Å²) >= 11 is 6.90. The van der Waals surface area contributed by atoms with Gasteiger partial charge in [-0.1, -0.05) is 49.7 Å². The number of ether oxygens (including phenoxy) is 2. The zero-order chi connectivity index (χ0) is 33.5. The normalized spacial score (nSPS) is 18.0. The van der Waals surface area contributed by atoms with Crippen molar-refractivity contribution in [2.75, 3.05) is 44.2 Å². The first kappa shape index (κ1) is 33.0. The van der Waals surface area contributed by atoms with E-state index in [1.165, 1.54) is 6.07 Å². The van der Waals surface area contributed by atoms with Gasteiger partial charge in [0.25, 0.3) is 0 Å². The van der Waals surface area contributed by atoms with E-state index in [2.05, 4.69) is 28.6 Å². The fourth-order valence-corrected chi connectivity index (χ4v) is 7.19. The van der Waals surface area contributed by atoms with Gasteiger partial charge in [0, 0.05) is 30.6 Å². The lowest BCUT2D eigenvalue weighted by molar-refractivity contribution is 0.0122. The summed E-state index contributed by atoms with van der Waals surface area (Å²) in [4.78, 5) is 28.8. The Morgan fingerprint density at radius 1 is 1.06 bits per heavy atom. The van der Waals surface area contributed by atoms with Gasteiger partial charge >= 0.3 is 12.1 Å². The van der Waals surface area contributed by atoms with Crippen molar-refractivity contribution in [2.45, 2.75) is 71.6 Å². The van der Waals surface area contributed by atoms with Crippen molar-refractivity contribution in [2.24, 2.45) is 0 Å². The highest BCUT2D eigenvalue weighted by Gasteiger charge is 2.45. The largest absolute Gasteiger partial charge is 0.508 e. The molecule has 250 valence electrons. The fraction of sp³-hybridized carbons (Fsp3) is 0.472. The van der Waals surface area contributed by atoms with Gasteiger partial charge in [-0.25, -0.2) is 9.18 Å². The van der Waals surface area contributed by atoms with E-state index < -0.39 is 11.4 Å². The maximum atomic E-state index is 16.9. The topological polar surface area (TPSA) is 91.3 Å². The molecule has 0 spiro atoms. The van der Waals surface area contributed by atoms with Crippen molar-refractivity contribution in [3.05, 3.63) is 53.3 Å². The van der Waals surface area contributed by atoms with Gasteiger partial charge in [0.1, 0.15) is 22.7 Å². The molecular formula is C36H43ClFN5O4. The molecule has 2 bridgehead atoms. The monoisotopic (exact) mass is 663 g/mol. The molecule has 2 aliphatic heterocycles. The van der Waals surface area contributed by atoms with Crippen LogP contribution in [-0.4, -0.2) is 88.0 Å². The molecular weight excluding hydrogens is 621 g/mol. The summed E-state index contributed by atoms with van der Waals surface area (Å²) < 4.78 is 28.7. The summed E-state index contributed by atoms with van der Waals surface area (Å²) in [5.74, 6) is -0.0916. The number of phenols is 1. The molecule has 2 aliphatic rings. The number of rotatable bonds is 9. The third-order valence-corrected chi connectivity index (χ3v) is 9.39.